The molecule has 1 aromatic heterocycles. The van der Waals surface area contributed by atoms with Gasteiger partial charge < -0.3 is 5.32 Å². The lowest BCUT2D eigenvalue weighted by Gasteiger charge is -2.06. The molecule has 1 N–H and O–H groups in total. The average molecular weight is 315 g/mol. The number of aromatic nitrogens is 1. The number of carbonyl (C=O) groups is 1. The first kappa shape index (κ1) is 14.7. The molecular formula is C16H14FN3OS. The van der Waals surface area contributed by atoms with Crippen LogP contribution in [0.5, 0.6) is 0 Å². The van der Waals surface area contributed by atoms with Crippen molar-refractivity contribution in [3.05, 3.63) is 46.2 Å². The van der Waals surface area contributed by atoms with Crippen LogP contribution in [0.25, 0.3) is 0 Å². The molecule has 0 aliphatic heterocycles. The lowest BCUT2D eigenvalue weighted by atomic mass is 10.1. The van der Waals surface area contributed by atoms with E-state index in [0.29, 0.717) is 11.6 Å². The molecule has 0 unspecified atom stereocenters. The van der Waals surface area contributed by atoms with Crippen LogP contribution in [0, 0.1) is 22.6 Å². The SMILES string of the molecule is CC1(C(=O)Nc2ncc(Cc3ccc(F)c(C#N)c3)s2)CC1. The van der Waals surface area contributed by atoms with Crippen molar-refractivity contribution in [2.45, 2.75) is 26.2 Å². The largest absolute Gasteiger partial charge is 0.301 e. The number of hydrogen-bond acceptors (Lipinski definition) is 4. The van der Waals surface area contributed by atoms with Gasteiger partial charge in [0.2, 0.25) is 5.91 Å². The predicted molar refractivity (Wildman–Crippen MR) is 82.0 cm³/mol. The van der Waals surface area contributed by atoms with Crippen LogP contribution >= 0.6 is 11.3 Å². The fourth-order valence-corrected chi connectivity index (χ4v) is 2.92. The van der Waals surface area contributed by atoms with Gasteiger partial charge in [0.05, 0.1) is 5.56 Å². The van der Waals surface area contributed by atoms with E-state index in [-0.39, 0.29) is 16.9 Å². The summed E-state index contributed by atoms with van der Waals surface area (Å²) in [5.74, 6) is -0.497. The van der Waals surface area contributed by atoms with Crippen molar-refractivity contribution in [1.29, 1.82) is 5.26 Å². The Labute approximate surface area is 131 Å². The summed E-state index contributed by atoms with van der Waals surface area (Å²) < 4.78 is 13.3. The van der Waals surface area contributed by atoms with Gasteiger partial charge in [0.15, 0.2) is 5.13 Å². The molecule has 1 aromatic carbocycles. The van der Waals surface area contributed by atoms with Crippen LogP contribution in [-0.4, -0.2) is 10.9 Å². The lowest BCUT2D eigenvalue weighted by molar-refractivity contribution is -0.120. The number of nitrogens with one attached hydrogen (secondary N) is 1. The van der Waals surface area contributed by atoms with Crippen molar-refractivity contribution in [3.63, 3.8) is 0 Å². The standard InChI is InChI=1S/C16H14FN3OS/c1-16(4-5-16)14(21)20-15-19-9-12(22-15)7-10-2-3-13(17)11(6-10)8-18/h2-3,6,9H,4-5,7H2,1H3,(H,19,20,21). The Balaban J connectivity index is 1.69. The van der Waals surface area contributed by atoms with Crippen LogP contribution in [0.2, 0.25) is 0 Å². The summed E-state index contributed by atoms with van der Waals surface area (Å²) in [4.78, 5) is 17.1. The van der Waals surface area contributed by atoms with Gasteiger partial charge in [0.25, 0.3) is 0 Å². The monoisotopic (exact) mass is 315 g/mol. The molecule has 0 atom stereocenters. The minimum absolute atomic E-state index is 0.0157. The van der Waals surface area contributed by atoms with E-state index in [0.717, 1.165) is 23.3 Å². The summed E-state index contributed by atoms with van der Waals surface area (Å²) in [5, 5.41) is 12.3. The molecule has 0 radical (unpaired) electrons. The molecule has 6 heteroatoms. The summed E-state index contributed by atoms with van der Waals surface area (Å²) in [6.07, 6.45) is 4.10. The molecule has 22 heavy (non-hydrogen) atoms. The first-order valence-corrected chi connectivity index (χ1v) is 7.76. The van der Waals surface area contributed by atoms with Gasteiger partial charge in [-0.3, -0.25) is 4.79 Å². The normalized spacial score (nSPS) is 15.1. The summed E-state index contributed by atoms with van der Waals surface area (Å²) >= 11 is 1.40. The second-order valence-electron chi connectivity index (χ2n) is 5.75. The highest BCUT2D eigenvalue weighted by Crippen LogP contribution is 2.45. The fraction of sp³-hybridized carbons (Fsp3) is 0.312. The third-order valence-corrected chi connectivity index (χ3v) is 4.76. The predicted octanol–water partition coefficient (Wildman–Crippen LogP) is 3.48. The Morgan fingerprint density at radius 2 is 2.32 bits per heavy atom. The Bertz CT molecular complexity index is 774. The number of benzene rings is 1. The molecule has 1 aliphatic rings. The summed E-state index contributed by atoms with van der Waals surface area (Å²) in [6, 6.07) is 6.32. The smallest absolute Gasteiger partial charge is 0.232 e. The summed E-state index contributed by atoms with van der Waals surface area (Å²) in [6.45, 7) is 1.94. The molecule has 2 aromatic rings. The Morgan fingerprint density at radius 3 is 3.00 bits per heavy atom. The molecule has 4 nitrogen and oxygen atoms in total. The maximum Gasteiger partial charge on any atom is 0.232 e. The third-order valence-electron chi connectivity index (χ3n) is 3.85. The number of thiazole rings is 1. The van der Waals surface area contributed by atoms with E-state index in [1.165, 1.54) is 17.4 Å². The van der Waals surface area contributed by atoms with Crippen LogP contribution < -0.4 is 5.32 Å². The third kappa shape index (κ3) is 3.00. The lowest BCUT2D eigenvalue weighted by Crippen LogP contribution is -2.21. The van der Waals surface area contributed by atoms with E-state index in [1.807, 2.05) is 13.0 Å². The molecule has 1 saturated carbocycles. The number of halogens is 1. The van der Waals surface area contributed by atoms with Crippen molar-refractivity contribution < 1.29 is 9.18 Å². The molecule has 1 aliphatic carbocycles. The van der Waals surface area contributed by atoms with E-state index >= 15 is 0 Å². The highest BCUT2D eigenvalue weighted by Gasteiger charge is 2.45. The van der Waals surface area contributed by atoms with E-state index < -0.39 is 5.82 Å². The number of hydrogen-bond donors (Lipinski definition) is 1. The molecule has 0 bridgehead atoms. The molecule has 1 heterocycles. The topological polar surface area (TPSA) is 65.8 Å². The van der Waals surface area contributed by atoms with Crippen molar-refractivity contribution in [3.8, 4) is 6.07 Å². The first-order valence-electron chi connectivity index (χ1n) is 6.95. The number of amides is 1. The van der Waals surface area contributed by atoms with Crippen LogP contribution in [0.4, 0.5) is 9.52 Å². The van der Waals surface area contributed by atoms with Crippen molar-refractivity contribution in [1.82, 2.24) is 4.98 Å². The zero-order valence-electron chi connectivity index (χ0n) is 12.0. The Hall–Kier alpha value is -2.26. The van der Waals surface area contributed by atoms with Crippen LogP contribution in [-0.2, 0) is 11.2 Å². The number of anilines is 1. The Morgan fingerprint density at radius 1 is 1.55 bits per heavy atom. The fourth-order valence-electron chi connectivity index (χ4n) is 2.08. The quantitative estimate of drug-likeness (QED) is 0.939. The maximum atomic E-state index is 13.3. The molecule has 3 rings (SSSR count). The molecule has 1 amide bonds. The Kier molecular flexibility index (Phi) is 3.67. The van der Waals surface area contributed by atoms with Crippen molar-refractivity contribution in [2.75, 3.05) is 5.32 Å². The number of nitrogens with zero attached hydrogens (tertiary/aromatic N) is 2. The maximum absolute atomic E-state index is 13.3. The average Bonchev–Trinajstić information content (AvgIpc) is 3.11. The van der Waals surface area contributed by atoms with E-state index in [9.17, 15) is 9.18 Å². The van der Waals surface area contributed by atoms with E-state index in [2.05, 4.69) is 10.3 Å². The molecular weight excluding hydrogens is 301 g/mol. The van der Waals surface area contributed by atoms with Gasteiger partial charge in [-0.1, -0.05) is 13.0 Å². The van der Waals surface area contributed by atoms with Gasteiger partial charge in [0, 0.05) is 22.9 Å². The van der Waals surface area contributed by atoms with Gasteiger partial charge in [-0.15, -0.1) is 11.3 Å². The van der Waals surface area contributed by atoms with E-state index in [1.54, 1.807) is 18.3 Å². The van der Waals surface area contributed by atoms with Crippen LogP contribution in [0.3, 0.4) is 0 Å². The first-order chi connectivity index (χ1) is 10.5. The number of rotatable bonds is 4. The highest BCUT2D eigenvalue weighted by atomic mass is 32.1. The second kappa shape index (κ2) is 5.50. The zero-order chi connectivity index (χ0) is 15.7. The summed E-state index contributed by atoms with van der Waals surface area (Å²) in [5.41, 5.74) is 0.649. The van der Waals surface area contributed by atoms with Crippen molar-refractivity contribution in [2.24, 2.45) is 5.41 Å². The molecule has 1 fully saturated rings. The van der Waals surface area contributed by atoms with Gasteiger partial charge in [-0.2, -0.15) is 5.26 Å². The van der Waals surface area contributed by atoms with Crippen LogP contribution in [0.15, 0.2) is 24.4 Å². The van der Waals surface area contributed by atoms with Crippen LogP contribution in [0.1, 0.15) is 35.8 Å². The zero-order valence-corrected chi connectivity index (χ0v) is 12.8. The molecule has 112 valence electrons. The molecule has 0 saturated heterocycles. The highest BCUT2D eigenvalue weighted by molar-refractivity contribution is 7.15. The van der Waals surface area contributed by atoms with Gasteiger partial charge in [-0.25, -0.2) is 9.37 Å². The van der Waals surface area contributed by atoms with E-state index in [4.69, 9.17) is 5.26 Å². The summed E-state index contributed by atoms with van der Waals surface area (Å²) in [7, 11) is 0. The van der Waals surface area contributed by atoms with Crippen molar-refractivity contribution >= 4 is 22.4 Å². The van der Waals surface area contributed by atoms with Gasteiger partial charge >= 0.3 is 0 Å². The van der Waals surface area contributed by atoms with Gasteiger partial charge in [-0.05, 0) is 30.5 Å². The minimum atomic E-state index is -0.513. The second-order valence-corrected chi connectivity index (χ2v) is 6.86. The van der Waals surface area contributed by atoms with Gasteiger partial charge in [0.1, 0.15) is 11.9 Å². The molecule has 0 spiro atoms. The number of nitriles is 1. The number of carbonyl (C=O) groups excluding carboxylic acids is 1. The minimum Gasteiger partial charge on any atom is -0.301 e.